The molecule has 3 aromatic carbocycles. The van der Waals surface area contributed by atoms with Crippen LogP contribution in [0.4, 0.5) is 5.69 Å². The first kappa shape index (κ1) is 32.3. The number of nitrogens with one attached hydrogen (secondary N) is 1. The Balaban J connectivity index is 2.10. The molecule has 0 saturated heterocycles. The number of carbonyl (C=O) groups is 2. The molecule has 1 N–H and O–H groups in total. The van der Waals surface area contributed by atoms with Gasteiger partial charge in [-0.1, -0.05) is 94.4 Å². The van der Waals surface area contributed by atoms with E-state index in [2.05, 4.69) is 5.32 Å². The third-order valence-electron chi connectivity index (χ3n) is 5.90. The van der Waals surface area contributed by atoms with Gasteiger partial charge in [0.15, 0.2) is 0 Å². The number of likely N-dealkylation sites (N-methyl/N-ethyl adjacent to an activating group) is 1. The number of carbonyl (C=O) groups excluding carboxylic acids is 2. The van der Waals surface area contributed by atoms with Gasteiger partial charge in [-0.25, -0.2) is 8.42 Å². The maximum Gasteiger partial charge on any atom is 0.244 e. The Bertz CT molecular complexity index is 1490. The molecule has 2 amide bonds. The van der Waals surface area contributed by atoms with E-state index in [4.69, 9.17) is 58.0 Å². The predicted octanol–water partition coefficient (Wildman–Crippen LogP) is 6.50. The van der Waals surface area contributed by atoms with Crippen LogP contribution in [0.1, 0.15) is 18.1 Å². The minimum atomic E-state index is -4.04. The van der Waals surface area contributed by atoms with Crippen LogP contribution >= 0.6 is 58.0 Å². The van der Waals surface area contributed by atoms with Gasteiger partial charge in [0.2, 0.25) is 21.8 Å². The lowest BCUT2D eigenvalue weighted by Gasteiger charge is -2.33. The molecule has 0 bridgehead atoms. The molecule has 0 unspecified atom stereocenters. The highest BCUT2D eigenvalue weighted by Crippen LogP contribution is 2.36. The summed E-state index contributed by atoms with van der Waals surface area (Å²) in [5, 5.41) is 3.53. The van der Waals surface area contributed by atoms with Gasteiger partial charge in [-0.05, 0) is 42.3 Å². The molecule has 0 spiro atoms. The van der Waals surface area contributed by atoms with Gasteiger partial charge in [-0.15, -0.1) is 0 Å². The largest absolute Gasteiger partial charge is 0.355 e. The molecule has 0 aliphatic carbocycles. The van der Waals surface area contributed by atoms with E-state index in [-0.39, 0.29) is 38.7 Å². The van der Waals surface area contributed by atoms with Gasteiger partial charge in [-0.2, -0.15) is 0 Å². The molecular formula is C27H26Cl5N3O4S. The second kappa shape index (κ2) is 14.1. The second-order valence-corrected chi connectivity index (χ2v) is 12.8. The van der Waals surface area contributed by atoms with Gasteiger partial charge < -0.3 is 10.2 Å². The van der Waals surface area contributed by atoms with Crippen LogP contribution in [0, 0.1) is 0 Å². The topological polar surface area (TPSA) is 86.8 Å². The Morgan fingerprint density at radius 2 is 1.45 bits per heavy atom. The fourth-order valence-electron chi connectivity index (χ4n) is 3.98. The molecule has 0 fully saturated rings. The van der Waals surface area contributed by atoms with Gasteiger partial charge in [0.05, 0.1) is 37.1 Å². The summed E-state index contributed by atoms with van der Waals surface area (Å²) in [7, 11) is -4.04. The molecule has 0 radical (unpaired) electrons. The van der Waals surface area contributed by atoms with Gasteiger partial charge in [0.1, 0.15) is 12.6 Å². The van der Waals surface area contributed by atoms with Crippen molar-refractivity contribution in [2.75, 3.05) is 23.7 Å². The molecule has 0 aliphatic heterocycles. The van der Waals surface area contributed by atoms with Gasteiger partial charge >= 0.3 is 0 Å². The normalized spacial score (nSPS) is 12.1. The van der Waals surface area contributed by atoms with E-state index in [0.717, 1.165) is 16.1 Å². The number of anilines is 1. The Hall–Kier alpha value is -2.20. The zero-order chi connectivity index (χ0) is 29.6. The minimum Gasteiger partial charge on any atom is -0.355 e. The highest BCUT2D eigenvalue weighted by molar-refractivity contribution is 7.92. The van der Waals surface area contributed by atoms with Gasteiger partial charge in [-0.3, -0.25) is 13.9 Å². The lowest BCUT2D eigenvalue weighted by atomic mass is 10.0. The summed E-state index contributed by atoms with van der Waals surface area (Å²) in [6.07, 6.45) is 1.11. The van der Waals surface area contributed by atoms with E-state index in [0.29, 0.717) is 17.1 Å². The molecule has 0 saturated carbocycles. The van der Waals surface area contributed by atoms with Gasteiger partial charge in [0.25, 0.3) is 0 Å². The highest BCUT2D eigenvalue weighted by atomic mass is 35.5. The van der Waals surface area contributed by atoms with Crippen molar-refractivity contribution in [2.24, 2.45) is 0 Å². The quantitative estimate of drug-likeness (QED) is 0.237. The second-order valence-electron chi connectivity index (χ2n) is 8.86. The lowest BCUT2D eigenvalue weighted by Crippen LogP contribution is -2.53. The van der Waals surface area contributed by atoms with Crippen molar-refractivity contribution in [3.8, 4) is 0 Å². The maximum atomic E-state index is 14.0. The molecule has 13 heteroatoms. The predicted molar refractivity (Wildman–Crippen MR) is 163 cm³/mol. The number of rotatable bonds is 11. The van der Waals surface area contributed by atoms with Crippen LogP contribution in [-0.2, 0) is 32.6 Å². The zero-order valence-corrected chi connectivity index (χ0v) is 26.1. The first-order valence-corrected chi connectivity index (χ1v) is 15.7. The van der Waals surface area contributed by atoms with E-state index in [1.165, 1.54) is 17.0 Å². The fourth-order valence-corrected chi connectivity index (χ4v) is 5.85. The Kier molecular flexibility index (Phi) is 11.4. The smallest absolute Gasteiger partial charge is 0.244 e. The van der Waals surface area contributed by atoms with Crippen LogP contribution in [0.3, 0.4) is 0 Å². The highest BCUT2D eigenvalue weighted by Gasteiger charge is 2.33. The van der Waals surface area contributed by atoms with Gasteiger partial charge in [0, 0.05) is 19.5 Å². The number of benzene rings is 3. The molecule has 0 heterocycles. The monoisotopic (exact) mass is 663 g/mol. The van der Waals surface area contributed by atoms with Crippen molar-refractivity contribution < 1.29 is 18.0 Å². The third kappa shape index (κ3) is 8.41. The standard InChI is InChI=1S/C27H26Cl5N3O4S/c1-3-33-27(37)25(12-17-7-5-4-6-8-17)34(15-18-9-10-19(28)20(29)11-18)26(36)16-35(40(2,38)39)24-14-22(31)21(30)13-23(24)32/h4-11,13-14,25H,3,12,15-16H2,1-2H3,(H,33,37)/t25-/m0/s1. The summed E-state index contributed by atoms with van der Waals surface area (Å²) in [6, 6.07) is 15.6. The Labute approximate surface area is 258 Å². The van der Waals surface area contributed by atoms with Crippen LogP contribution in [0.5, 0.6) is 0 Å². The molecule has 3 rings (SSSR count). The van der Waals surface area contributed by atoms with Crippen molar-refractivity contribution in [3.05, 3.63) is 96.9 Å². The van der Waals surface area contributed by atoms with Crippen molar-refractivity contribution in [2.45, 2.75) is 25.9 Å². The van der Waals surface area contributed by atoms with Crippen molar-refractivity contribution in [1.82, 2.24) is 10.2 Å². The lowest BCUT2D eigenvalue weighted by molar-refractivity contribution is -0.140. The van der Waals surface area contributed by atoms with Crippen molar-refractivity contribution in [1.29, 1.82) is 0 Å². The number of amides is 2. The van der Waals surface area contributed by atoms with E-state index in [1.54, 1.807) is 25.1 Å². The van der Waals surface area contributed by atoms with E-state index in [9.17, 15) is 18.0 Å². The van der Waals surface area contributed by atoms with E-state index in [1.807, 2.05) is 30.3 Å². The van der Waals surface area contributed by atoms with Crippen LogP contribution < -0.4 is 9.62 Å². The molecule has 214 valence electrons. The third-order valence-corrected chi connectivity index (χ3v) is 8.79. The number of sulfonamides is 1. The maximum absolute atomic E-state index is 14.0. The van der Waals surface area contributed by atoms with Crippen LogP contribution in [-0.4, -0.2) is 50.5 Å². The molecule has 40 heavy (non-hydrogen) atoms. The zero-order valence-electron chi connectivity index (χ0n) is 21.5. The van der Waals surface area contributed by atoms with E-state index < -0.39 is 34.4 Å². The summed E-state index contributed by atoms with van der Waals surface area (Å²) in [5.41, 5.74) is 1.36. The van der Waals surface area contributed by atoms with Crippen LogP contribution in [0.2, 0.25) is 25.1 Å². The number of nitrogens with zero attached hydrogens (tertiary/aromatic N) is 2. The molecule has 1 atom stereocenters. The van der Waals surface area contributed by atoms with Crippen molar-refractivity contribution >= 4 is 85.5 Å². The number of halogens is 5. The molecule has 3 aromatic rings. The summed E-state index contributed by atoms with van der Waals surface area (Å²) in [4.78, 5) is 28.7. The summed E-state index contributed by atoms with van der Waals surface area (Å²) in [6.45, 7) is 1.37. The molecule has 0 aromatic heterocycles. The van der Waals surface area contributed by atoms with Crippen LogP contribution in [0.25, 0.3) is 0 Å². The Morgan fingerprint density at radius 1 is 0.825 bits per heavy atom. The number of hydrogen-bond donors (Lipinski definition) is 1. The minimum absolute atomic E-state index is 0.0202. The SMILES string of the molecule is CCNC(=O)[C@H](Cc1ccccc1)N(Cc1ccc(Cl)c(Cl)c1)C(=O)CN(c1cc(Cl)c(Cl)cc1Cl)S(C)(=O)=O. The molecule has 7 nitrogen and oxygen atoms in total. The first-order chi connectivity index (χ1) is 18.8. The summed E-state index contributed by atoms with van der Waals surface area (Å²) in [5.74, 6) is -1.07. The Morgan fingerprint density at radius 3 is 2.05 bits per heavy atom. The number of hydrogen-bond acceptors (Lipinski definition) is 4. The van der Waals surface area contributed by atoms with E-state index >= 15 is 0 Å². The fraction of sp³-hybridized carbons (Fsp3) is 0.259. The molecular weight excluding hydrogens is 640 g/mol. The summed E-state index contributed by atoms with van der Waals surface area (Å²) < 4.78 is 26.6. The van der Waals surface area contributed by atoms with Crippen molar-refractivity contribution in [3.63, 3.8) is 0 Å². The average molecular weight is 666 g/mol. The average Bonchev–Trinajstić information content (AvgIpc) is 2.89. The first-order valence-electron chi connectivity index (χ1n) is 12.0. The molecule has 0 aliphatic rings. The summed E-state index contributed by atoms with van der Waals surface area (Å²) >= 11 is 30.8. The van der Waals surface area contributed by atoms with Crippen LogP contribution in [0.15, 0.2) is 60.7 Å².